The lowest BCUT2D eigenvalue weighted by Gasteiger charge is -2.17. The fourth-order valence-corrected chi connectivity index (χ4v) is 2.23. The van der Waals surface area contributed by atoms with E-state index in [1.54, 1.807) is 0 Å². The van der Waals surface area contributed by atoms with Crippen molar-refractivity contribution in [1.29, 1.82) is 0 Å². The smallest absolute Gasteiger partial charge is 0.162 e. The number of aliphatic hydroxyl groups excluding tert-OH is 1. The van der Waals surface area contributed by atoms with Gasteiger partial charge in [-0.1, -0.05) is 17.7 Å². The predicted molar refractivity (Wildman–Crippen MR) is 75.0 cm³/mol. The van der Waals surface area contributed by atoms with E-state index >= 15 is 0 Å². The Morgan fingerprint density at radius 2 is 1.62 bits per heavy atom. The first-order valence-corrected chi connectivity index (χ1v) is 6.40. The maximum atomic E-state index is 13.7. The van der Waals surface area contributed by atoms with Gasteiger partial charge < -0.3 is 14.6 Å². The first-order chi connectivity index (χ1) is 9.97. The van der Waals surface area contributed by atoms with Gasteiger partial charge in [0, 0.05) is 23.3 Å². The lowest BCUT2D eigenvalue weighted by atomic mass is 10.0. The molecule has 0 spiro atoms. The Morgan fingerprint density at radius 1 is 1.00 bits per heavy atom. The summed E-state index contributed by atoms with van der Waals surface area (Å²) in [6, 6.07) is 5.85. The molecule has 0 aliphatic heterocycles. The predicted octanol–water partition coefficient (Wildman–Crippen LogP) is 3.72. The molecule has 0 fully saturated rings. The molecule has 0 heterocycles. The van der Waals surface area contributed by atoms with Crippen LogP contribution in [0.15, 0.2) is 30.3 Å². The molecule has 0 aromatic heterocycles. The van der Waals surface area contributed by atoms with Crippen molar-refractivity contribution in [3.63, 3.8) is 0 Å². The highest BCUT2D eigenvalue weighted by Crippen LogP contribution is 2.38. The SMILES string of the molecule is COc1cc(Cl)c(C(O)c2ccc(F)cc2F)cc1OC. The number of aliphatic hydroxyl groups is 1. The zero-order chi connectivity index (χ0) is 15.6. The van der Waals surface area contributed by atoms with Gasteiger partial charge in [0.2, 0.25) is 0 Å². The molecule has 2 rings (SSSR count). The molecule has 0 saturated carbocycles. The van der Waals surface area contributed by atoms with E-state index < -0.39 is 17.7 Å². The Labute approximate surface area is 125 Å². The molecule has 2 aromatic rings. The van der Waals surface area contributed by atoms with Crippen LogP contribution in [0, 0.1) is 11.6 Å². The van der Waals surface area contributed by atoms with E-state index in [-0.39, 0.29) is 16.1 Å². The molecule has 21 heavy (non-hydrogen) atoms. The fourth-order valence-electron chi connectivity index (χ4n) is 1.97. The van der Waals surface area contributed by atoms with Crippen LogP contribution >= 0.6 is 11.6 Å². The molecule has 1 N–H and O–H groups in total. The number of methoxy groups -OCH3 is 2. The molecule has 112 valence electrons. The molecule has 3 nitrogen and oxygen atoms in total. The third-order valence-electron chi connectivity index (χ3n) is 3.05. The van der Waals surface area contributed by atoms with Crippen LogP contribution < -0.4 is 9.47 Å². The second-order valence-electron chi connectivity index (χ2n) is 4.30. The molecule has 6 heteroatoms. The van der Waals surface area contributed by atoms with Crippen LogP contribution in [-0.4, -0.2) is 19.3 Å². The fraction of sp³-hybridized carbons (Fsp3) is 0.200. The minimum Gasteiger partial charge on any atom is -0.493 e. The summed E-state index contributed by atoms with van der Waals surface area (Å²) in [6.45, 7) is 0. The van der Waals surface area contributed by atoms with Gasteiger partial charge in [0.05, 0.1) is 19.2 Å². The lowest BCUT2D eigenvalue weighted by molar-refractivity contribution is 0.214. The Balaban J connectivity index is 2.50. The van der Waals surface area contributed by atoms with Crippen molar-refractivity contribution >= 4 is 11.6 Å². The van der Waals surface area contributed by atoms with E-state index in [0.29, 0.717) is 17.6 Å². The summed E-state index contributed by atoms with van der Waals surface area (Å²) < 4.78 is 36.9. The Kier molecular flexibility index (Phi) is 4.65. The molecule has 0 amide bonds. The van der Waals surface area contributed by atoms with Gasteiger partial charge in [0.15, 0.2) is 11.5 Å². The summed E-state index contributed by atoms with van der Waals surface area (Å²) in [5.74, 6) is -0.841. The van der Waals surface area contributed by atoms with Crippen molar-refractivity contribution in [2.45, 2.75) is 6.10 Å². The zero-order valence-electron chi connectivity index (χ0n) is 11.4. The largest absolute Gasteiger partial charge is 0.493 e. The summed E-state index contributed by atoms with van der Waals surface area (Å²) in [6.07, 6.45) is -1.35. The van der Waals surface area contributed by atoms with Crippen LogP contribution in [0.25, 0.3) is 0 Å². The zero-order valence-corrected chi connectivity index (χ0v) is 12.1. The topological polar surface area (TPSA) is 38.7 Å². The lowest BCUT2D eigenvalue weighted by Crippen LogP contribution is -2.05. The standard InChI is InChI=1S/C15H13ClF2O3/c1-20-13-6-10(11(16)7-14(13)21-2)15(19)9-4-3-8(17)5-12(9)18/h3-7,15,19H,1-2H3. The van der Waals surface area contributed by atoms with E-state index in [4.69, 9.17) is 21.1 Å². The number of ether oxygens (including phenoxy) is 2. The Hall–Kier alpha value is -1.85. The maximum Gasteiger partial charge on any atom is 0.162 e. The molecule has 2 aromatic carbocycles. The molecule has 1 unspecified atom stereocenters. The third kappa shape index (κ3) is 3.09. The molecular weight excluding hydrogens is 302 g/mol. The van der Waals surface area contributed by atoms with Crippen LogP contribution in [0.1, 0.15) is 17.2 Å². The number of benzene rings is 2. The molecule has 0 saturated heterocycles. The van der Waals surface area contributed by atoms with Crippen molar-refractivity contribution in [3.8, 4) is 11.5 Å². The molecule has 0 radical (unpaired) electrons. The van der Waals surface area contributed by atoms with Crippen molar-refractivity contribution in [3.05, 3.63) is 58.1 Å². The van der Waals surface area contributed by atoms with Gasteiger partial charge >= 0.3 is 0 Å². The number of rotatable bonds is 4. The van der Waals surface area contributed by atoms with E-state index in [1.807, 2.05) is 0 Å². The molecule has 0 aliphatic rings. The van der Waals surface area contributed by atoms with Crippen LogP contribution in [-0.2, 0) is 0 Å². The van der Waals surface area contributed by atoms with E-state index in [2.05, 4.69) is 0 Å². The minimum atomic E-state index is -1.35. The van der Waals surface area contributed by atoms with E-state index in [1.165, 1.54) is 32.4 Å². The summed E-state index contributed by atoms with van der Waals surface area (Å²) in [4.78, 5) is 0. The maximum absolute atomic E-state index is 13.7. The van der Waals surface area contributed by atoms with Gasteiger partial charge in [-0.2, -0.15) is 0 Å². The Morgan fingerprint density at radius 3 is 2.19 bits per heavy atom. The Bertz CT molecular complexity index is 662. The van der Waals surface area contributed by atoms with Gasteiger partial charge in [0.25, 0.3) is 0 Å². The average molecular weight is 315 g/mol. The minimum absolute atomic E-state index is 0.0782. The number of hydrogen-bond donors (Lipinski definition) is 1. The van der Waals surface area contributed by atoms with Crippen molar-refractivity contribution in [1.82, 2.24) is 0 Å². The van der Waals surface area contributed by atoms with Gasteiger partial charge in [-0.15, -0.1) is 0 Å². The van der Waals surface area contributed by atoms with E-state index in [0.717, 1.165) is 6.07 Å². The van der Waals surface area contributed by atoms with Crippen LogP contribution in [0.5, 0.6) is 11.5 Å². The van der Waals surface area contributed by atoms with Gasteiger partial charge in [-0.25, -0.2) is 8.78 Å². The summed E-state index contributed by atoms with van der Waals surface area (Å²) in [7, 11) is 2.88. The van der Waals surface area contributed by atoms with Gasteiger partial charge in [0.1, 0.15) is 17.7 Å². The molecular formula is C15H13ClF2O3. The highest BCUT2D eigenvalue weighted by Gasteiger charge is 2.21. The summed E-state index contributed by atoms with van der Waals surface area (Å²) in [5, 5.41) is 10.5. The number of halogens is 3. The summed E-state index contributed by atoms with van der Waals surface area (Å²) >= 11 is 6.07. The van der Waals surface area contributed by atoms with Gasteiger partial charge in [-0.05, 0) is 12.1 Å². The van der Waals surface area contributed by atoms with Crippen molar-refractivity contribution < 1.29 is 23.4 Å². The van der Waals surface area contributed by atoms with Crippen LogP contribution in [0.4, 0.5) is 8.78 Å². The average Bonchev–Trinajstić information content (AvgIpc) is 2.46. The normalized spacial score (nSPS) is 12.1. The third-order valence-corrected chi connectivity index (χ3v) is 3.38. The van der Waals surface area contributed by atoms with Crippen molar-refractivity contribution in [2.24, 2.45) is 0 Å². The molecule has 1 atom stereocenters. The number of hydrogen-bond acceptors (Lipinski definition) is 3. The monoisotopic (exact) mass is 314 g/mol. The van der Waals surface area contributed by atoms with Crippen molar-refractivity contribution in [2.75, 3.05) is 14.2 Å². The van der Waals surface area contributed by atoms with Gasteiger partial charge in [-0.3, -0.25) is 0 Å². The highest BCUT2D eigenvalue weighted by atomic mass is 35.5. The first-order valence-electron chi connectivity index (χ1n) is 6.02. The molecule has 0 aliphatic carbocycles. The summed E-state index contributed by atoms with van der Waals surface area (Å²) in [5.41, 5.74) is 0.158. The quantitative estimate of drug-likeness (QED) is 0.935. The highest BCUT2D eigenvalue weighted by molar-refractivity contribution is 6.31. The second-order valence-corrected chi connectivity index (χ2v) is 4.70. The second kappa shape index (κ2) is 6.28. The first kappa shape index (κ1) is 15.5. The van der Waals surface area contributed by atoms with E-state index in [9.17, 15) is 13.9 Å². The molecule has 0 bridgehead atoms. The van der Waals surface area contributed by atoms with Crippen LogP contribution in [0.2, 0.25) is 5.02 Å². The van der Waals surface area contributed by atoms with Crippen LogP contribution in [0.3, 0.4) is 0 Å².